The summed E-state index contributed by atoms with van der Waals surface area (Å²) in [6.45, 7) is 3.00. The Morgan fingerprint density at radius 2 is 1.28 bits per heavy atom. The van der Waals surface area contributed by atoms with E-state index in [4.69, 9.17) is 12.2 Å². The lowest BCUT2D eigenvalue weighted by molar-refractivity contribution is -0.137. The van der Waals surface area contributed by atoms with Crippen LogP contribution in [0.3, 0.4) is 0 Å². The number of carbonyl (C=O) groups is 2. The van der Waals surface area contributed by atoms with E-state index in [0.29, 0.717) is 6.07 Å². The Labute approximate surface area is 291 Å². The van der Waals surface area contributed by atoms with Crippen molar-refractivity contribution in [2.75, 3.05) is 9.80 Å². The van der Waals surface area contributed by atoms with Crippen molar-refractivity contribution >= 4 is 40.5 Å². The molecule has 5 aromatic carbocycles. The van der Waals surface area contributed by atoms with Gasteiger partial charge in [-0.05, 0) is 79.2 Å². The number of nitrogens with one attached hydrogen (secondary N) is 1. The summed E-state index contributed by atoms with van der Waals surface area (Å²) in [4.78, 5) is 30.0. The molecule has 0 atom stereocenters. The van der Waals surface area contributed by atoms with E-state index in [1.54, 1.807) is 0 Å². The summed E-state index contributed by atoms with van der Waals surface area (Å²) in [7, 11) is 0. The lowest BCUT2D eigenvalue weighted by Gasteiger charge is -2.37. The molecule has 6 rings (SSSR count). The zero-order chi connectivity index (χ0) is 35.8. The molecule has 0 aromatic heterocycles. The fraction of sp³-hybridized carbons (Fsp3) is 0.128. The highest BCUT2D eigenvalue weighted by atomic mass is 32.1. The normalized spacial score (nSPS) is 14.4. The lowest BCUT2D eigenvalue weighted by atomic mass is 9.77. The van der Waals surface area contributed by atoms with Crippen molar-refractivity contribution in [1.82, 2.24) is 5.32 Å². The van der Waals surface area contributed by atoms with Crippen LogP contribution in [-0.2, 0) is 16.5 Å². The van der Waals surface area contributed by atoms with E-state index >= 15 is 4.39 Å². The fourth-order valence-corrected chi connectivity index (χ4v) is 6.83. The van der Waals surface area contributed by atoms with Gasteiger partial charge in [-0.15, -0.1) is 0 Å². The first kappa shape index (κ1) is 34.0. The molecule has 0 bridgehead atoms. The molecule has 1 aliphatic rings. The van der Waals surface area contributed by atoms with Gasteiger partial charge in [-0.1, -0.05) is 91.0 Å². The standard InChI is InChI=1S/C39H28F4N4O2S/c1-37(2)35(49)46(29-19-18-25(24-44)32(22-29)39(41,42)43)36(50)47(37)30-20-21-31(33(40)23-30)34(48)45-38(26-12-6-3-7-13-26,27-14-8-4-9-15-27)28-16-10-5-11-17-28/h3-23H,1-2H3,(H,45,48). The van der Waals surface area contributed by atoms with Gasteiger partial charge in [0, 0.05) is 5.69 Å². The molecule has 0 saturated carbocycles. The number of amides is 2. The molecule has 6 nitrogen and oxygen atoms in total. The maximum Gasteiger partial charge on any atom is 0.417 e. The molecule has 0 unspecified atom stereocenters. The summed E-state index contributed by atoms with van der Waals surface area (Å²) in [5.74, 6) is -2.30. The van der Waals surface area contributed by atoms with Gasteiger partial charge in [-0.2, -0.15) is 18.4 Å². The van der Waals surface area contributed by atoms with Gasteiger partial charge in [-0.3, -0.25) is 14.5 Å². The molecule has 1 saturated heterocycles. The molecule has 1 N–H and O–H groups in total. The van der Waals surface area contributed by atoms with Crippen LogP contribution in [0.5, 0.6) is 0 Å². The van der Waals surface area contributed by atoms with E-state index in [0.717, 1.165) is 33.7 Å². The molecule has 11 heteroatoms. The van der Waals surface area contributed by atoms with Gasteiger partial charge < -0.3 is 10.2 Å². The number of carbonyl (C=O) groups excluding carboxylic acids is 2. The first-order chi connectivity index (χ1) is 23.8. The summed E-state index contributed by atoms with van der Waals surface area (Å²) >= 11 is 5.59. The summed E-state index contributed by atoms with van der Waals surface area (Å²) in [6.07, 6.45) is -4.86. The summed E-state index contributed by atoms with van der Waals surface area (Å²) in [5.41, 5.74) is -2.66. The Bertz CT molecular complexity index is 2050. The second kappa shape index (κ2) is 12.9. The fourth-order valence-electron chi connectivity index (χ4n) is 6.31. The largest absolute Gasteiger partial charge is 0.417 e. The highest BCUT2D eigenvalue weighted by Crippen LogP contribution is 2.41. The van der Waals surface area contributed by atoms with E-state index in [2.05, 4.69) is 5.32 Å². The molecule has 0 radical (unpaired) electrons. The molecular formula is C39H28F4N4O2S. The first-order valence-electron chi connectivity index (χ1n) is 15.4. The SMILES string of the molecule is CC1(C)C(=O)N(c2ccc(C#N)c(C(F)(F)F)c2)C(=S)N1c1ccc(C(=O)NC(c2ccccc2)(c2ccccc2)c2ccccc2)c(F)c1. The smallest absolute Gasteiger partial charge is 0.334 e. The van der Waals surface area contributed by atoms with Crippen LogP contribution in [0.1, 0.15) is 52.0 Å². The van der Waals surface area contributed by atoms with E-state index in [1.165, 1.54) is 43.0 Å². The zero-order valence-electron chi connectivity index (χ0n) is 26.7. The quantitative estimate of drug-likeness (QED) is 0.105. The molecule has 50 heavy (non-hydrogen) atoms. The van der Waals surface area contributed by atoms with Crippen molar-refractivity contribution in [1.29, 1.82) is 5.26 Å². The molecule has 5 aromatic rings. The number of nitrogens with zero attached hydrogens (tertiary/aromatic N) is 3. The maximum absolute atomic E-state index is 16.1. The topological polar surface area (TPSA) is 76.4 Å². The Morgan fingerprint density at radius 3 is 1.74 bits per heavy atom. The van der Waals surface area contributed by atoms with E-state index in [9.17, 15) is 28.0 Å². The Kier molecular flexibility index (Phi) is 8.76. The number of nitriles is 1. The third-order valence-electron chi connectivity index (χ3n) is 8.73. The summed E-state index contributed by atoms with van der Waals surface area (Å²) in [5, 5.41) is 12.1. The van der Waals surface area contributed by atoms with Crippen molar-refractivity contribution in [2.45, 2.75) is 31.1 Å². The maximum atomic E-state index is 16.1. The lowest BCUT2D eigenvalue weighted by Crippen LogP contribution is -2.48. The number of rotatable bonds is 7. The highest BCUT2D eigenvalue weighted by Gasteiger charge is 2.51. The Morgan fingerprint density at radius 1 is 0.780 bits per heavy atom. The molecule has 0 aliphatic carbocycles. The average Bonchev–Trinajstić information content (AvgIpc) is 3.29. The van der Waals surface area contributed by atoms with Gasteiger partial charge in [0.1, 0.15) is 16.9 Å². The molecule has 1 aliphatic heterocycles. The molecule has 2 amide bonds. The Hall–Kier alpha value is -5.86. The zero-order valence-corrected chi connectivity index (χ0v) is 27.5. The van der Waals surface area contributed by atoms with Crippen LogP contribution in [-0.4, -0.2) is 22.5 Å². The van der Waals surface area contributed by atoms with Crippen LogP contribution in [0.4, 0.5) is 28.9 Å². The third kappa shape index (κ3) is 5.77. The van der Waals surface area contributed by atoms with E-state index in [1.807, 2.05) is 91.0 Å². The van der Waals surface area contributed by atoms with Crippen LogP contribution in [0.15, 0.2) is 127 Å². The van der Waals surface area contributed by atoms with Crippen molar-refractivity contribution in [3.8, 4) is 6.07 Å². The molecule has 0 spiro atoms. The van der Waals surface area contributed by atoms with Crippen LogP contribution in [0, 0.1) is 17.1 Å². The molecular weight excluding hydrogens is 665 g/mol. The van der Waals surface area contributed by atoms with E-state index < -0.39 is 46.0 Å². The first-order valence-corrected chi connectivity index (χ1v) is 15.8. The molecule has 1 fully saturated rings. The van der Waals surface area contributed by atoms with Crippen molar-refractivity contribution in [3.63, 3.8) is 0 Å². The number of halogens is 4. The summed E-state index contributed by atoms with van der Waals surface area (Å²) < 4.78 is 57.4. The Balaban J connectivity index is 1.38. The van der Waals surface area contributed by atoms with Gasteiger partial charge in [0.25, 0.3) is 11.8 Å². The van der Waals surface area contributed by atoms with Gasteiger partial charge in [0.2, 0.25) is 0 Å². The predicted octanol–water partition coefficient (Wildman–Crippen LogP) is 8.35. The third-order valence-corrected chi connectivity index (χ3v) is 9.10. The summed E-state index contributed by atoms with van der Waals surface area (Å²) in [6, 6.07) is 36.1. The second-order valence-corrected chi connectivity index (χ2v) is 12.5. The minimum atomic E-state index is -4.86. The number of anilines is 2. The van der Waals surface area contributed by atoms with Gasteiger partial charge in [-0.25, -0.2) is 4.39 Å². The second-order valence-electron chi connectivity index (χ2n) is 12.1. The predicted molar refractivity (Wildman–Crippen MR) is 186 cm³/mol. The number of benzene rings is 5. The van der Waals surface area contributed by atoms with Crippen molar-refractivity contribution < 1.29 is 27.2 Å². The van der Waals surface area contributed by atoms with Crippen molar-refractivity contribution in [2.24, 2.45) is 0 Å². The number of hydrogen-bond acceptors (Lipinski definition) is 4. The molecule has 250 valence electrons. The van der Waals surface area contributed by atoms with Crippen molar-refractivity contribution in [3.05, 3.63) is 167 Å². The highest BCUT2D eigenvalue weighted by molar-refractivity contribution is 7.81. The monoisotopic (exact) mass is 692 g/mol. The van der Waals surface area contributed by atoms with Gasteiger partial charge in [0.15, 0.2) is 5.11 Å². The van der Waals surface area contributed by atoms with Crippen LogP contribution in [0.2, 0.25) is 0 Å². The van der Waals surface area contributed by atoms with Gasteiger partial charge >= 0.3 is 6.18 Å². The van der Waals surface area contributed by atoms with Gasteiger partial charge in [0.05, 0.1) is 28.4 Å². The van der Waals surface area contributed by atoms with Crippen LogP contribution >= 0.6 is 12.2 Å². The minimum Gasteiger partial charge on any atom is -0.334 e. The number of thiocarbonyl (C=S) groups is 1. The minimum absolute atomic E-state index is 0.107. The van der Waals surface area contributed by atoms with Crippen LogP contribution in [0.25, 0.3) is 0 Å². The van der Waals surface area contributed by atoms with Crippen LogP contribution < -0.4 is 15.1 Å². The molecule has 1 heterocycles. The number of alkyl halides is 3. The number of hydrogen-bond donors (Lipinski definition) is 1. The van der Waals surface area contributed by atoms with E-state index in [-0.39, 0.29) is 22.1 Å². The average molecular weight is 693 g/mol.